The van der Waals surface area contributed by atoms with Crippen molar-refractivity contribution in [2.45, 2.75) is 12.5 Å². The minimum Gasteiger partial charge on any atom is -0.294 e. The number of nitrogens with zero attached hydrogens (tertiary/aromatic N) is 1. The highest BCUT2D eigenvalue weighted by Crippen LogP contribution is 2.40. The Labute approximate surface area is 134 Å². The molecule has 0 radical (unpaired) electrons. The molecule has 0 aromatic heterocycles. The van der Waals surface area contributed by atoms with E-state index in [2.05, 4.69) is 0 Å². The molecule has 4 nitrogen and oxygen atoms in total. The molecule has 0 N–H and O–H groups in total. The van der Waals surface area contributed by atoms with Crippen LogP contribution in [-0.4, -0.2) is 20.5 Å². The van der Waals surface area contributed by atoms with Crippen molar-refractivity contribution < 1.29 is 13.2 Å². The Morgan fingerprint density at radius 3 is 2.36 bits per heavy atom. The van der Waals surface area contributed by atoms with Gasteiger partial charge in [0.2, 0.25) is 10.0 Å². The summed E-state index contributed by atoms with van der Waals surface area (Å²) in [5.41, 5.74) is 1.62. The van der Waals surface area contributed by atoms with E-state index in [4.69, 9.17) is 11.6 Å². The van der Waals surface area contributed by atoms with Crippen molar-refractivity contribution >= 4 is 33.1 Å². The quantitative estimate of drug-likeness (QED) is 0.844. The molecular formula is C16H14ClNO3S. The molecule has 0 bridgehead atoms. The van der Waals surface area contributed by atoms with Crippen LogP contribution in [0.2, 0.25) is 5.02 Å². The summed E-state index contributed by atoms with van der Waals surface area (Å²) in [6.45, 7) is 0. The Morgan fingerprint density at radius 2 is 1.73 bits per heavy atom. The Kier molecular flexibility index (Phi) is 3.70. The summed E-state index contributed by atoms with van der Waals surface area (Å²) in [6, 6.07) is 13.1. The van der Waals surface area contributed by atoms with Gasteiger partial charge in [0.15, 0.2) is 5.78 Å². The minimum atomic E-state index is -3.52. The average Bonchev–Trinajstić information content (AvgIpc) is 2.46. The lowest BCUT2D eigenvalue weighted by Crippen LogP contribution is -2.39. The second kappa shape index (κ2) is 5.41. The van der Waals surface area contributed by atoms with E-state index < -0.39 is 16.1 Å². The number of rotatable bonds is 2. The molecule has 0 saturated carbocycles. The number of hydrogen-bond acceptors (Lipinski definition) is 3. The molecule has 1 atom stereocenters. The Morgan fingerprint density at radius 1 is 1.09 bits per heavy atom. The van der Waals surface area contributed by atoms with Gasteiger partial charge in [-0.05, 0) is 29.8 Å². The van der Waals surface area contributed by atoms with Crippen LogP contribution in [0, 0.1) is 0 Å². The number of carbonyl (C=O) groups excluding carboxylic acids is 1. The van der Waals surface area contributed by atoms with Gasteiger partial charge < -0.3 is 0 Å². The van der Waals surface area contributed by atoms with E-state index >= 15 is 0 Å². The van der Waals surface area contributed by atoms with Crippen molar-refractivity contribution in [3.05, 3.63) is 64.7 Å². The third kappa shape index (κ3) is 2.62. The zero-order valence-corrected chi connectivity index (χ0v) is 13.4. The van der Waals surface area contributed by atoms with Gasteiger partial charge in [-0.2, -0.15) is 0 Å². The number of anilines is 1. The first-order valence-electron chi connectivity index (χ1n) is 6.75. The third-order valence-electron chi connectivity index (χ3n) is 3.72. The van der Waals surface area contributed by atoms with Crippen molar-refractivity contribution in [2.75, 3.05) is 10.6 Å². The fourth-order valence-electron chi connectivity index (χ4n) is 2.79. The number of carbonyl (C=O) groups is 1. The molecule has 2 aromatic rings. The second-order valence-electron chi connectivity index (χ2n) is 5.27. The van der Waals surface area contributed by atoms with Crippen LogP contribution in [-0.2, 0) is 10.0 Å². The van der Waals surface area contributed by atoms with E-state index in [1.165, 1.54) is 4.31 Å². The SMILES string of the molecule is CS(=O)(=O)N1c2ccccc2C(=O)CC1c1ccc(Cl)cc1. The van der Waals surface area contributed by atoms with Crippen molar-refractivity contribution in [1.82, 2.24) is 0 Å². The smallest absolute Gasteiger partial charge is 0.232 e. The Balaban J connectivity index is 2.18. The topological polar surface area (TPSA) is 54.5 Å². The summed E-state index contributed by atoms with van der Waals surface area (Å²) < 4.78 is 25.9. The Hall–Kier alpha value is -1.85. The van der Waals surface area contributed by atoms with Crippen molar-refractivity contribution in [1.29, 1.82) is 0 Å². The van der Waals surface area contributed by atoms with E-state index in [9.17, 15) is 13.2 Å². The van der Waals surface area contributed by atoms with Crippen molar-refractivity contribution in [3.63, 3.8) is 0 Å². The maximum Gasteiger partial charge on any atom is 0.232 e. The maximum absolute atomic E-state index is 12.4. The van der Waals surface area contributed by atoms with Crippen molar-refractivity contribution in [3.8, 4) is 0 Å². The molecule has 1 unspecified atom stereocenters. The van der Waals surface area contributed by atoms with E-state index in [-0.39, 0.29) is 12.2 Å². The van der Waals surface area contributed by atoms with Crippen molar-refractivity contribution in [2.24, 2.45) is 0 Å². The lowest BCUT2D eigenvalue weighted by Gasteiger charge is -2.36. The predicted octanol–water partition coefficient (Wildman–Crippen LogP) is 3.43. The molecule has 1 heterocycles. The first-order chi connectivity index (χ1) is 10.4. The number of halogens is 1. The number of benzene rings is 2. The zero-order chi connectivity index (χ0) is 15.9. The molecule has 0 fully saturated rings. The molecule has 22 heavy (non-hydrogen) atoms. The molecule has 6 heteroatoms. The predicted molar refractivity (Wildman–Crippen MR) is 86.9 cm³/mol. The lowest BCUT2D eigenvalue weighted by atomic mass is 9.92. The summed E-state index contributed by atoms with van der Waals surface area (Å²) in [5.74, 6) is -0.0598. The van der Waals surface area contributed by atoms with Gasteiger partial charge in [0.25, 0.3) is 0 Å². The number of hydrogen-bond donors (Lipinski definition) is 0. The van der Waals surface area contributed by atoms with Crippen LogP contribution in [0.15, 0.2) is 48.5 Å². The monoisotopic (exact) mass is 335 g/mol. The van der Waals surface area contributed by atoms with Gasteiger partial charge in [0, 0.05) is 17.0 Å². The molecule has 1 aliphatic heterocycles. The van der Waals surface area contributed by atoms with Gasteiger partial charge in [0.1, 0.15) is 0 Å². The average molecular weight is 336 g/mol. The van der Waals surface area contributed by atoms with Crippen LogP contribution in [0.25, 0.3) is 0 Å². The highest BCUT2D eigenvalue weighted by atomic mass is 35.5. The first kappa shape index (κ1) is 15.1. The third-order valence-corrected chi connectivity index (χ3v) is 5.13. The van der Waals surface area contributed by atoms with E-state index in [1.54, 1.807) is 48.5 Å². The summed E-state index contributed by atoms with van der Waals surface area (Å²) in [5, 5.41) is 0.567. The zero-order valence-electron chi connectivity index (χ0n) is 11.9. The van der Waals surface area contributed by atoms with E-state index in [0.29, 0.717) is 16.3 Å². The fourth-order valence-corrected chi connectivity index (χ4v) is 4.09. The van der Waals surface area contributed by atoms with Gasteiger partial charge in [0.05, 0.1) is 18.0 Å². The molecular weight excluding hydrogens is 322 g/mol. The van der Waals surface area contributed by atoms with Gasteiger partial charge in [-0.25, -0.2) is 8.42 Å². The van der Waals surface area contributed by atoms with Crippen LogP contribution in [0.3, 0.4) is 0 Å². The van der Waals surface area contributed by atoms with Crippen LogP contribution in [0.5, 0.6) is 0 Å². The molecule has 0 spiro atoms. The first-order valence-corrected chi connectivity index (χ1v) is 8.97. The number of fused-ring (bicyclic) bond motifs is 1. The number of sulfonamides is 1. The van der Waals surface area contributed by atoms with E-state index in [0.717, 1.165) is 11.8 Å². The Bertz CT molecular complexity index is 831. The molecule has 3 rings (SSSR count). The number of ketones is 1. The summed E-state index contributed by atoms with van der Waals surface area (Å²) in [6.07, 6.45) is 1.27. The fraction of sp³-hybridized carbons (Fsp3) is 0.188. The molecule has 114 valence electrons. The van der Waals surface area contributed by atoms with Gasteiger partial charge in [-0.3, -0.25) is 9.10 Å². The maximum atomic E-state index is 12.4. The second-order valence-corrected chi connectivity index (χ2v) is 7.57. The molecule has 1 aliphatic rings. The summed E-state index contributed by atoms with van der Waals surface area (Å²) in [4.78, 5) is 12.4. The normalized spacial score (nSPS) is 18.2. The van der Waals surface area contributed by atoms with Crippen LogP contribution in [0.4, 0.5) is 5.69 Å². The highest BCUT2D eigenvalue weighted by Gasteiger charge is 2.37. The minimum absolute atomic E-state index is 0.0598. The number of Topliss-reactive ketones (excluding diaryl/α,β-unsaturated/α-hetero) is 1. The largest absolute Gasteiger partial charge is 0.294 e. The van der Waals surface area contributed by atoms with Crippen LogP contribution < -0.4 is 4.31 Å². The van der Waals surface area contributed by atoms with Crippen LogP contribution in [0.1, 0.15) is 28.4 Å². The molecule has 0 aliphatic carbocycles. The van der Waals surface area contributed by atoms with Gasteiger partial charge in [-0.15, -0.1) is 0 Å². The van der Waals surface area contributed by atoms with Crippen LogP contribution >= 0.6 is 11.6 Å². The van der Waals surface area contributed by atoms with Gasteiger partial charge in [-0.1, -0.05) is 35.9 Å². The van der Waals surface area contributed by atoms with E-state index in [1.807, 2.05) is 0 Å². The highest BCUT2D eigenvalue weighted by molar-refractivity contribution is 7.92. The molecule has 2 aromatic carbocycles. The summed E-state index contributed by atoms with van der Waals surface area (Å²) in [7, 11) is -3.52. The standard InChI is InChI=1S/C16H14ClNO3S/c1-22(20,21)18-14-5-3-2-4-13(14)16(19)10-15(18)11-6-8-12(17)9-7-11/h2-9,15H,10H2,1H3. The number of para-hydroxylation sites is 1. The molecule has 0 saturated heterocycles. The summed E-state index contributed by atoms with van der Waals surface area (Å²) >= 11 is 5.89. The van der Waals surface area contributed by atoms with Gasteiger partial charge >= 0.3 is 0 Å². The molecule has 0 amide bonds. The lowest BCUT2D eigenvalue weighted by molar-refractivity contribution is 0.0969.